The number of alkyl halides is 1. The first-order chi connectivity index (χ1) is 12.3. The second-order valence-corrected chi connectivity index (χ2v) is 6.47. The lowest BCUT2D eigenvalue weighted by Gasteiger charge is -2.48. The summed E-state index contributed by atoms with van der Waals surface area (Å²) in [5.74, 6) is -2.90. The van der Waals surface area contributed by atoms with E-state index in [0.717, 1.165) is 0 Å². The molecular weight excluding hydrogens is 345 g/mol. The number of amides is 3. The number of anilines is 1. The van der Waals surface area contributed by atoms with E-state index in [1.165, 1.54) is 9.80 Å². The van der Waals surface area contributed by atoms with Gasteiger partial charge in [-0.2, -0.15) is 0 Å². The van der Waals surface area contributed by atoms with Crippen molar-refractivity contribution in [3.8, 4) is 0 Å². The van der Waals surface area contributed by atoms with Crippen LogP contribution in [-0.2, 0) is 14.4 Å². The highest BCUT2D eigenvalue weighted by Gasteiger charge is 2.53. The van der Waals surface area contributed by atoms with Crippen LogP contribution in [0.2, 0.25) is 0 Å². The molecule has 0 saturated carbocycles. The van der Waals surface area contributed by atoms with E-state index in [9.17, 15) is 23.6 Å². The lowest BCUT2D eigenvalue weighted by atomic mass is 9.98. The Morgan fingerprint density at radius 2 is 2.04 bits per heavy atom. The first kappa shape index (κ1) is 17.8. The number of hydrogen-bond acceptors (Lipinski definition) is 4. The van der Waals surface area contributed by atoms with Crippen molar-refractivity contribution in [1.82, 2.24) is 10.2 Å². The minimum Gasteiger partial charge on any atom is -0.480 e. The molecule has 2 atom stereocenters. The molecule has 0 radical (unpaired) electrons. The van der Waals surface area contributed by atoms with Crippen molar-refractivity contribution in [1.29, 1.82) is 0 Å². The zero-order chi connectivity index (χ0) is 19.1. The van der Waals surface area contributed by atoms with Gasteiger partial charge in [-0.25, -0.2) is 9.18 Å². The highest BCUT2D eigenvalue weighted by molar-refractivity contribution is 6.11. The van der Waals surface area contributed by atoms with Crippen LogP contribution < -0.4 is 10.2 Å². The molecule has 1 fully saturated rings. The van der Waals surface area contributed by atoms with Crippen LogP contribution in [0.15, 0.2) is 24.3 Å². The van der Waals surface area contributed by atoms with Gasteiger partial charge in [0.25, 0.3) is 5.91 Å². The van der Waals surface area contributed by atoms with Crippen LogP contribution in [0, 0.1) is 0 Å². The molecule has 1 aromatic rings. The van der Waals surface area contributed by atoms with Gasteiger partial charge in [-0.1, -0.05) is 12.1 Å². The number of rotatable bonds is 5. The van der Waals surface area contributed by atoms with Gasteiger partial charge in [0.2, 0.25) is 11.8 Å². The molecule has 2 aliphatic heterocycles. The number of halogens is 1. The third kappa shape index (κ3) is 2.69. The summed E-state index contributed by atoms with van der Waals surface area (Å²) in [5.41, 5.74) is -0.256. The molecule has 138 valence electrons. The number of carboxylic acids is 1. The second-order valence-electron chi connectivity index (χ2n) is 6.47. The average molecular weight is 363 g/mol. The zero-order valence-electron chi connectivity index (χ0n) is 14.1. The number of aliphatic carboxylic acids is 1. The number of carbonyl (C=O) groups is 4. The van der Waals surface area contributed by atoms with E-state index in [-0.39, 0.29) is 17.9 Å². The number of nitrogens with one attached hydrogen (secondary N) is 1. The smallest absolute Gasteiger partial charge is 0.328 e. The van der Waals surface area contributed by atoms with Gasteiger partial charge in [-0.05, 0) is 25.5 Å². The molecule has 2 heterocycles. The van der Waals surface area contributed by atoms with Crippen LogP contribution in [0.4, 0.5) is 10.1 Å². The van der Waals surface area contributed by atoms with Gasteiger partial charge in [0.1, 0.15) is 18.9 Å². The summed E-state index contributed by atoms with van der Waals surface area (Å²) in [6.07, 6.45) is 0.559. The molecule has 0 aromatic heterocycles. The molecule has 2 aliphatic rings. The Hall–Kier alpha value is -2.97. The van der Waals surface area contributed by atoms with Gasteiger partial charge < -0.3 is 15.3 Å². The lowest BCUT2D eigenvalue weighted by Crippen LogP contribution is -2.64. The van der Waals surface area contributed by atoms with Crippen molar-refractivity contribution in [3.63, 3.8) is 0 Å². The molecule has 0 aliphatic carbocycles. The van der Waals surface area contributed by atoms with Crippen LogP contribution >= 0.6 is 0 Å². The maximum absolute atomic E-state index is 12.9. The molecule has 1 saturated heterocycles. The Labute approximate surface area is 148 Å². The van der Waals surface area contributed by atoms with Crippen LogP contribution in [0.25, 0.3) is 0 Å². The maximum Gasteiger partial charge on any atom is 0.328 e. The van der Waals surface area contributed by atoms with Crippen molar-refractivity contribution in [2.75, 3.05) is 18.1 Å². The van der Waals surface area contributed by atoms with Crippen LogP contribution in [0.3, 0.4) is 0 Å². The van der Waals surface area contributed by atoms with Gasteiger partial charge in [-0.15, -0.1) is 0 Å². The number of hydrogen-bond donors (Lipinski definition) is 2. The fourth-order valence-corrected chi connectivity index (χ4v) is 3.49. The SMILES string of the molecule is CC12CCC(=O)N1c1ccccc1C(=O)N2CC(=O)NC(CF)C(=O)O. The minimum atomic E-state index is -1.68. The van der Waals surface area contributed by atoms with Gasteiger partial charge >= 0.3 is 5.97 Å². The highest BCUT2D eigenvalue weighted by atomic mass is 19.1. The predicted molar refractivity (Wildman–Crippen MR) is 88.1 cm³/mol. The number of benzene rings is 1. The first-order valence-electron chi connectivity index (χ1n) is 8.12. The quantitative estimate of drug-likeness (QED) is 0.793. The minimum absolute atomic E-state index is 0.162. The number of fused-ring (bicyclic) bond motifs is 3. The number of carbonyl (C=O) groups excluding carboxylic acids is 3. The molecule has 8 nitrogen and oxygen atoms in total. The van der Waals surface area contributed by atoms with Crippen molar-refractivity contribution in [2.24, 2.45) is 0 Å². The Balaban J connectivity index is 1.92. The van der Waals surface area contributed by atoms with Crippen molar-refractivity contribution in [2.45, 2.75) is 31.5 Å². The van der Waals surface area contributed by atoms with Gasteiger partial charge in [-0.3, -0.25) is 19.3 Å². The summed E-state index contributed by atoms with van der Waals surface area (Å²) in [4.78, 5) is 51.1. The van der Waals surface area contributed by atoms with Crippen LogP contribution in [0.5, 0.6) is 0 Å². The first-order valence-corrected chi connectivity index (χ1v) is 8.12. The lowest BCUT2D eigenvalue weighted by molar-refractivity contribution is -0.142. The third-order valence-corrected chi connectivity index (χ3v) is 4.83. The third-order valence-electron chi connectivity index (χ3n) is 4.83. The van der Waals surface area contributed by atoms with Gasteiger partial charge in [0.05, 0.1) is 11.3 Å². The molecule has 3 amide bonds. The van der Waals surface area contributed by atoms with Crippen LogP contribution in [-0.4, -0.2) is 58.6 Å². The topological polar surface area (TPSA) is 107 Å². The van der Waals surface area contributed by atoms with E-state index in [0.29, 0.717) is 12.1 Å². The highest BCUT2D eigenvalue weighted by Crippen LogP contribution is 2.43. The molecule has 0 bridgehead atoms. The number of nitrogens with zero attached hydrogens (tertiary/aromatic N) is 2. The number of carboxylic acid groups (broad SMARTS) is 1. The Bertz CT molecular complexity index is 798. The maximum atomic E-state index is 12.9. The van der Waals surface area contributed by atoms with Gasteiger partial charge in [0, 0.05) is 6.42 Å². The molecule has 2 unspecified atom stereocenters. The summed E-state index contributed by atoms with van der Waals surface area (Å²) in [6, 6.07) is 4.94. The van der Waals surface area contributed by atoms with E-state index in [1.54, 1.807) is 31.2 Å². The Kier molecular flexibility index (Phi) is 4.39. The van der Waals surface area contributed by atoms with Crippen molar-refractivity contribution >= 4 is 29.4 Å². The fraction of sp³-hybridized carbons (Fsp3) is 0.412. The zero-order valence-corrected chi connectivity index (χ0v) is 14.1. The molecule has 26 heavy (non-hydrogen) atoms. The second kappa shape index (κ2) is 6.40. The normalized spacial score (nSPS) is 22.7. The summed E-state index contributed by atoms with van der Waals surface area (Å²) in [6.45, 7) is -0.0557. The molecule has 9 heteroatoms. The van der Waals surface area contributed by atoms with E-state index < -0.39 is 42.7 Å². The predicted octanol–water partition coefficient (Wildman–Crippen LogP) is 0.524. The van der Waals surface area contributed by atoms with E-state index in [1.807, 2.05) is 0 Å². The fourth-order valence-electron chi connectivity index (χ4n) is 3.49. The molecular formula is C17H18FN3O5. The summed E-state index contributed by atoms with van der Waals surface area (Å²) in [7, 11) is 0. The van der Waals surface area contributed by atoms with Crippen LogP contribution in [0.1, 0.15) is 30.1 Å². The standard InChI is InChI=1S/C17H18FN3O5/c1-17-7-6-14(23)21(17)12-5-3-2-4-10(12)15(24)20(17)9-13(22)19-11(8-18)16(25)26/h2-5,11H,6-9H2,1H3,(H,19,22)(H,25,26). The molecule has 2 N–H and O–H groups in total. The number of para-hydroxylation sites is 1. The molecule has 1 aromatic carbocycles. The Morgan fingerprint density at radius 3 is 2.69 bits per heavy atom. The average Bonchev–Trinajstić information content (AvgIpc) is 2.92. The largest absolute Gasteiger partial charge is 0.480 e. The monoisotopic (exact) mass is 363 g/mol. The van der Waals surface area contributed by atoms with Crippen molar-refractivity contribution in [3.05, 3.63) is 29.8 Å². The van der Waals surface area contributed by atoms with Gasteiger partial charge in [0.15, 0.2) is 6.04 Å². The molecule has 0 spiro atoms. The summed E-state index contributed by atoms with van der Waals surface area (Å²) in [5, 5.41) is 10.9. The van der Waals surface area contributed by atoms with E-state index in [4.69, 9.17) is 5.11 Å². The van der Waals surface area contributed by atoms with E-state index >= 15 is 0 Å². The Morgan fingerprint density at radius 1 is 1.35 bits per heavy atom. The summed E-state index contributed by atoms with van der Waals surface area (Å²) < 4.78 is 12.7. The van der Waals surface area contributed by atoms with E-state index in [2.05, 4.69) is 5.32 Å². The molecule has 3 rings (SSSR count). The summed E-state index contributed by atoms with van der Waals surface area (Å²) >= 11 is 0. The van der Waals surface area contributed by atoms with Crippen molar-refractivity contribution < 1.29 is 28.7 Å².